The van der Waals surface area contributed by atoms with Crippen molar-refractivity contribution in [1.82, 2.24) is 24.4 Å². The summed E-state index contributed by atoms with van der Waals surface area (Å²) in [5.74, 6) is 2.68. The Hall–Kier alpha value is -3.57. The van der Waals surface area contributed by atoms with Crippen LogP contribution in [0.25, 0.3) is 16.9 Å². The first-order valence-corrected chi connectivity index (χ1v) is 13.1. The molecular formula is C26H35N7O3S. The van der Waals surface area contributed by atoms with Crippen molar-refractivity contribution in [3.8, 4) is 22.9 Å². The van der Waals surface area contributed by atoms with Gasteiger partial charge in [-0.05, 0) is 39.1 Å². The third-order valence-electron chi connectivity index (χ3n) is 6.09. The van der Waals surface area contributed by atoms with Crippen molar-refractivity contribution in [3.63, 3.8) is 0 Å². The van der Waals surface area contributed by atoms with Crippen molar-refractivity contribution in [3.05, 3.63) is 35.3 Å². The number of methoxy groups -OCH3 is 3. The predicted molar refractivity (Wildman–Crippen MR) is 149 cm³/mol. The van der Waals surface area contributed by atoms with E-state index in [1.807, 2.05) is 28.1 Å². The molecule has 0 aliphatic rings. The zero-order valence-electron chi connectivity index (χ0n) is 22.4. The maximum atomic E-state index is 5.50. The van der Waals surface area contributed by atoms with E-state index in [9.17, 15) is 0 Å². The van der Waals surface area contributed by atoms with Gasteiger partial charge in [0.05, 0.1) is 27.0 Å². The molecule has 0 spiro atoms. The Kier molecular flexibility index (Phi) is 8.34. The number of thiophene rings is 1. The first-order chi connectivity index (χ1) is 17.9. The van der Waals surface area contributed by atoms with Crippen LogP contribution in [0.4, 0.5) is 17.5 Å². The van der Waals surface area contributed by atoms with Crippen LogP contribution in [0.5, 0.6) is 17.2 Å². The van der Waals surface area contributed by atoms with Gasteiger partial charge in [-0.15, -0.1) is 0 Å². The Labute approximate surface area is 221 Å². The van der Waals surface area contributed by atoms with Crippen molar-refractivity contribution in [2.24, 2.45) is 0 Å². The van der Waals surface area contributed by atoms with Crippen LogP contribution >= 0.6 is 11.3 Å². The van der Waals surface area contributed by atoms with Crippen molar-refractivity contribution in [1.29, 1.82) is 0 Å². The van der Waals surface area contributed by atoms with Gasteiger partial charge in [0.25, 0.3) is 0 Å². The van der Waals surface area contributed by atoms with Crippen LogP contribution in [0.1, 0.15) is 27.7 Å². The van der Waals surface area contributed by atoms with Crippen molar-refractivity contribution in [2.75, 3.05) is 45.1 Å². The molecule has 0 fully saturated rings. The van der Waals surface area contributed by atoms with Crippen molar-refractivity contribution < 1.29 is 14.2 Å². The molecule has 0 atom stereocenters. The highest BCUT2D eigenvalue weighted by molar-refractivity contribution is 7.08. The molecule has 0 saturated carbocycles. The van der Waals surface area contributed by atoms with E-state index >= 15 is 0 Å². The summed E-state index contributed by atoms with van der Waals surface area (Å²) in [7, 11) is 4.75. The fourth-order valence-corrected chi connectivity index (χ4v) is 4.99. The lowest BCUT2D eigenvalue weighted by Crippen LogP contribution is -2.40. The Morgan fingerprint density at radius 1 is 1.00 bits per heavy atom. The van der Waals surface area contributed by atoms with Crippen LogP contribution in [0.2, 0.25) is 0 Å². The third kappa shape index (κ3) is 5.72. The van der Waals surface area contributed by atoms with Crippen LogP contribution in [0.15, 0.2) is 35.3 Å². The van der Waals surface area contributed by atoms with Gasteiger partial charge in [0.2, 0.25) is 11.7 Å². The molecule has 4 rings (SSSR count). The fourth-order valence-electron chi connectivity index (χ4n) is 4.36. The average molecular weight is 526 g/mol. The number of benzene rings is 1. The molecule has 11 heteroatoms. The molecule has 1 aromatic carbocycles. The van der Waals surface area contributed by atoms with Crippen LogP contribution in [0.3, 0.4) is 0 Å². The molecule has 0 unspecified atom stereocenters. The first kappa shape index (κ1) is 26.5. The average Bonchev–Trinajstić information content (AvgIpc) is 3.55. The number of hydrogen-bond acceptors (Lipinski definition) is 10. The highest BCUT2D eigenvalue weighted by Gasteiger charge is 2.18. The summed E-state index contributed by atoms with van der Waals surface area (Å²) >= 11 is 1.62. The van der Waals surface area contributed by atoms with Gasteiger partial charge in [-0.3, -0.25) is 9.47 Å². The standard InChI is InChI=1S/C26H35N7O3S/c1-16(2)32(17(3)4)10-9-27-24-22-25(33(15-28-22)19-8-11-37-14-19)31-26(30-24)29-18-12-20(34-5)23(36-7)21(13-18)35-6/h8,11-17H,9-10H2,1-7H3,(H2,27,29,30,31). The molecule has 3 aromatic heterocycles. The smallest absolute Gasteiger partial charge is 0.231 e. The second-order valence-electron chi connectivity index (χ2n) is 9.06. The SMILES string of the molecule is COc1cc(Nc2nc(NCCN(C(C)C)C(C)C)c3ncn(-c4ccsc4)c3n2)cc(OC)c1OC. The quantitative estimate of drug-likeness (QED) is 0.259. The van der Waals surface area contributed by atoms with Crippen molar-refractivity contribution in [2.45, 2.75) is 39.8 Å². The monoisotopic (exact) mass is 525 g/mol. The fraction of sp³-hybridized carbons (Fsp3) is 0.423. The zero-order chi connectivity index (χ0) is 26.5. The molecule has 10 nitrogen and oxygen atoms in total. The second-order valence-corrected chi connectivity index (χ2v) is 9.84. The molecule has 2 N–H and O–H groups in total. The maximum absolute atomic E-state index is 5.50. The van der Waals surface area contributed by atoms with Crippen LogP contribution in [-0.4, -0.2) is 70.9 Å². The molecule has 0 aliphatic heterocycles. The Morgan fingerprint density at radius 3 is 2.27 bits per heavy atom. The number of imidazole rings is 1. The topological polar surface area (TPSA) is 98.6 Å². The summed E-state index contributed by atoms with van der Waals surface area (Å²) in [6.07, 6.45) is 1.78. The largest absolute Gasteiger partial charge is 0.493 e. The number of rotatable bonds is 12. The number of aromatic nitrogens is 4. The lowest BCUT2D eigenvalue weighted by atomic mass is 10.2. The van der Waals surface area contributed by atoms with Crippen LogP contribution in [0, 0.1) is 0 Å². The van der Waals surface area contributed by atoms with Gasteiger partial charge in [-0.2, -0.15) is 21.3 Å². The number of anilines is 3. The van der Waals surface area contributed by atoms with Gasteiger partial charge in [-0.1, -0.05) is 0 Å². The highest BCUT2D eigenvalue weighted by Crippen LogP contribution is 2.40. The van der Waals surface area contributed by atoms with Crippen molar-refractivity contribution >= 4 is 40.0 Å². The summed E-state index contributed by atoms with van der Waals surface area (Å²) in [4.78, 5) is 16.7. The lowest BCUT2D eigenvalue weighted by molar-refractivity contribution is 0.182. The first-order valence-electron chi connectivity index (χ1n) is 12.2. The number of hydrogen-bond donors (Lipinski definition) is 2. The minimum atomic E-state index is 0.422. The van der Waals surface area contributed by atoms with Gasteiger partial charge in [-0.25, -0.2) is 4.98 Å². The summed E-state index contributed by atoms with van der Waals surface area (Å²) < 4.78 is 18.4. The minimum Gasteiger partial charge on any atom is -0.493 e. The van der Waals surface area contributed by atoms with E-state index in [-0.39, 0.29) is 0 Å². The molecule has 0 amide bonds. The molecule has 0 saturated heterocycles. The van der Waals surface area contributed by atoms with E-state index in [0.29, 0.717) is 57.9 Å². The van der Waals surface area contributed by atoms with E-state index in [2.05, 4.69) is 53.6 Å². The molecule has 0 radical (unpaired) electrons. The van der Waals surface area contributed by atoms with E-state index in [4.69, 9.17) is 24.2 Å². The normalized spacial score (nSPS) is 11.5. The Morgan fingerprint density at radius 2 is 1.70 bits per heavy atom. The van der Waals surface area contributed by atoms with Gasteiger partial charge in [0, 0.05) is 48.4 Å². The van der Waals surface area contributed by atoms with Crippen LogP contribution < -0.4 is 24.8 Å². The van der Waals surface area contributed by atoms with E-state index in [0.717, 1.165) is 18.8 Å². The number of ether oxygens (including phenoxy) is 3. The van der Waals surface area contributed by atoms with Crippen LogP contribution in [-0.2, 0) is 0 Å². The zero-order valence-corrected chi connectivity index (χ0v) is 23.2. The molecule has 198 valence electrons. The van der Waals surface area contributed by atoms with E-state index in [1.165, 1.54) is 0 Å². The maximum Gasteiger partial charge on any atom is 0.231 e. The van der Waals surface area contributed by atoms with Gasteiger partial charge in [0.1, 0.15) is 6.33 Å². The summed E-state index contributed by atoms with van der Waals surface area (Å²) in [5, 5.41) is 10.9. The summed E-state index contributed by atoms with van der Waals surface area (Å²) in [6, 6.07) is 6.57. The predicted octanol–water partition coefficient (Wildman–Crippen LogP) is 5.18. The molecule has 4 aromatic rings. The number of nitrogens with zero attached hydrogens (tertiary/aromatic N) is 5. The van der Waals surface area contributed by atoms with Gasteiger partial charge >= 0.3 is 0 Å². The second kappa shape index (κ2) is 11.7. The third-order valence-corrected chi connectivity index (χ3v) is 6.76. The Balaban J connectivity index is 1.71. The summed E-state index contributed by atoms with van der Waals surface area (Å²) in [6.45, 7) is 10.4. The highest BCUT2D eigenvalue weighted by atomic mass is 32.1. The van der Waals surface area contributed by atoms with E-state index < -0.39 is 0 Å². The molecular weight excluding hydrogens is 490 g/mol. The minimum absolute atomic E-state index is 0.422. The Bertz CT molecular complexity index is 1290. The van der Waals surface area contributed by atoms with E-state index in [1.54, 1.807) is 39.0 Å². The molecule has 37 heavy (non-hydrogen) atoms. The molecule has 3 heterocycles. The summed E-state index contributed by atoms with van der Waals surface area (Å²) in [5.41, 5.74) is 3.12. The number of fused-ring (bicyclic) bond motifs is 1. The lowest BCUT2D eigenvalue weighted by Gasteiger charge is -2.30. The van der Waals surface area contributed by atoms with Gasteiger partial charge < -0.3 is 24.8 Å². The molecule has 0 aliphatic carbocycles. The number of nitrogens with one attached hydrogen (secondary N) is 2. The van der Waals surface area contributed by atoms with Gasteiger partial charge in [0.15, 0.2) is 28.5 Å². The molecule has 0 bridgehead atoms.